The molecule has 0 radical (unpaired) electrons. The number of rotatable bonds is 6. The molecule has 0 bridgehead atoms. The van der Waals surface area contributed by atoms with E-state index in [4.69, 9.17) is 21.4 Å². The average molecular weight is 344 g/mol. The molecule has 5 nitrogen and oxygen atoms in total. The van der Waals surface area contributed by atoms with E-state index in [9.17, 15) is 9.59 Å². The first-order valence-corrected chi connectivity index (χ1v) is 8.50. The van der Waals surface area contributed by atoms with Crippen LogP contribution in [-0.2, 0) is 20.1 Å². The molecule has 0 spiro atoms. The molecular weight excluding hydrogens is 326 g/mol. The maximum absolute atomic E-state index is 12.3. The van der Waals surface area contributed by atoms with Crippen molar-refractivity contribution in [2.24, 2.45) is 0 Å². The van der Waals surface area contributed by atoms with E-state index in [1.54, 1.807) is 4.90 Å². The Hall–Kier alpha value is -1.24. The summed E-state index contributed by atoms with van der Waals surface area (Å²) in [5.41, 5.74) is 1.10. The summed E-state index contributed by atoms with van der Waals surface area (Å²) in [6.45, 7) is 1.21. The molecule has 120 valence electrons. The van der Waals surface area contributed by atoms with Gasteiger partial charge in [-0.05, 0) is 17.7 Å². The second-order valence-corrected chi connectivity index (χ2v) is 6.46. The van der Waals surface area contributed by atoms with Crippen molar-refractivity contribution in [2.75, 3.05) is 25.5 Å². The molecule has 1 aromatic rings. The predicted octanol–water partition coefficient (Wildman–Crippen LogP) is 2.28. The lowest BCUT2D eigenvalue weighted by atomic mass is 10.1. The Balaban J connectivity index is 1.82. The molecule has 1 aromatic carbocycles. The van der Waals surface area contributed by atoms with Crippen molar-refractivity contribution in [3.63, 3.8) is 0 Å². The second-order valence-electron chi connectivity index (χ2n) is 5.03. The van der Waals surface area contributed by atoms with Gasteiger partial charge in [0, 0.05) is 17.3 Å². The summed E-state index contributed by atoms with van der Waals surface area (Å²) in [6, 6.07) is 7.15. The van der Waals surface area contributed by atoms with Crippen molar-refractivity contribution >= 4 is 35.2 Å². The second kappa shape index (κ2) is 8.41. The zero-order chi connectivity index (χ0) is 15.9. The fourth-order valence-electron chi connectivity index (χ4n) is 2.27. The Morgan fingerprint density at radius 1 is 1.36 bits per heavy atom. The highest BCUT2D eigenvalue weighted by molar-refractivity contribution is 7.99. The molecule has 1 unspecified atom stereocenters. The number of morpholine rings is 1. The van der Waals surface area contributed by atoms with Gasteiger partial charge < -0.3 is 14.7 Å². The number of thioether (sulfide) groups is 1. The Bertz CT molecular complexity index is 523. The molecule has 1 aliphatic rings. The van der Waals surface area contributed by atoms with Gasteiger partial charge in [0.15, 0.2) is 0 Å². The van der Waals surface area contributed by atoms with Gasteiger partial charge in [-0.1, -0.05) is 23.7 Å². The van der Waals surface area contributed by atoms with Gasteiger partial charge in [-0.3, -0.25) is 9.59 Å². The molecule has 2 rings (SSSR count). The van der Waals surface area contributed by atoms with E-state index in [0.717, 1.165) is 11.3 Å². The van der Waals surface area contributed by atoms with Crippen LogP contribution in [0.15, 0.2) is 24.3 Å². The SMILES string of the molecule is O=C(O)CC1COCCN1C(=O)CSCc1ccc(Cl)cc1. The molecule has 7 heteroatoms. The van der Waals surface area contributed by atoms with E-state index >= 15 is 0 Å². The monoisotopic (exact) mass is 343 g/mol. The average Bonchev–Trinajstić information content (AvgIpc) is 2.49. The number of amides is 1. The molecule has 1 saturated heterocycles. The Morgan fingerprint density at radius 2 is 2.09 bits per heavy atom. The minimum absolute atomic E-state index is 0.0338. The van der Waals surface area contributed by atoms with E-state index in [2.05, 4.69) is 0 Å². The van der Waals surface area contributed by atoms with Crippen molar-refractivity contribution < 1.29 is 19.4 Å². The van der Waals surface area contributed by atoms with Crippen LogP contribution in [0.25, 0.3) is 0 Å². The molecule has 1 fully saturated rings. The first-order valence-electron chi connectivity index (χ1n) is 6.97. The van der Waals surface area contributed by atoms with Gasteiger partial charge in [0.1, 0.15) is 0 Å². The molecular formula is C15H18ClNO4S. The van der Waals surface area contributed by atoms with Crippen LogP contribution in [0, 0.1) is 0 Å². The summed E-state index contributed by atoms with van der Waals surface area (Å²) in [7, 11) is 0. The maximum Gasteiger partial charge on any atom is 0.305 e. The third kappa shape index (κ3) is 5.19. The standard InChI is InChI=1S/C15H18ClNO4S/c16-12-3-1-11(2-4-12)9-22-10-14(18)17-5-6-21-8-13(17)7-15(19)20/h1-4,13H,5-10H2,(H,19,20). The number of carboxylic acid groups (broad SMARTS) is 1. The fraction of sp³-hybridized carbons (Fsp3) is 0.467. The quantitative estimate of drug-likeness (QED) is 0.858. The largest absolute Gasteiger partial charge is 0.481 e. The third-order valence-electron chi connectivity index (χ3n) is 3.37. The van der Waals surface area contributed by atoms with Gasteiger partial charge in [-0.15, -0.1) is 11.8 Å². The Morgan fingerprint density at radius 3 is 2.77 bits per heavy atom. The number of hydrogen-bond donors (Lipinski definition) is 1. The highest BCUT2D eigenvalue weighted by Gasteiger charge is 2.28. The first-order chi connectivity index (χ1) is 10.6. The van der Waals surface area contributed by atoms with Gasteiger partial charge in [-0.25, -0.2) is 0 Å². The van der Waals surface area contributed by atoms with Crippen LogP contribution in [0.1, 0.15) is 12.0 Å². The summed E-state index contributed by atoms with van der Waals surface area (Å²) in [4.78, 5) is 24.8. The molecule has 0 aromatic heterocycles. The lowest BCUT2D eigenvalue weighted by Crippen LogP contribution is -2.50. The summed E-state index contributed by atoms with van der Waals surface area (Å²) in [6.07, 6.45) is -0.0758. The first kappa shape index (κ1) is 17.1. The number of halogens is 1. The number of carbonyl (C=O) groups is 2. The lowest BCUT2D eigenvalue weighted by Gasteiger charge is -2.34. The highest BCUT2D eigenvalue weighted by atomic mass is 35.5. The van der Waals surface area contributed by atoms with Gasteiger partial charge >= 0.3 is 5.97 Å². The third-order valence-corrected chi connectivity index (χ3v) is 4.61. The van der Waals surface area contributed by atoms with Gasteiger partial charge in [0.05, 0.1) is 31.4 Å². The van der Waals surface area contributed by atoms with E-state index in [1.165, 1.54) is 11.8 Å². The van der Waals surface area contributed by atoms with Gasteiger partial charge in [-0.2, -0.15) is 0 Å². The number of carbonyl (C=O) groups excluding carboxylic acids is 1. The van der Waals surface area contributed by atoms with Crippen molar-refractivity contribution in [2.45, 2.75) is 18.2 Å². The van der Waals surface area contributed by atoms with Crippen LogP contribution in [0.3, 0.4) is 0 Å². The summed E-state index contributed by atoms with van der Waals surface area (Å²) in [5.74, 6) is 0.103. The van der Waals surface area contributed by atoms with E-state index < -0.39 is 5.97 Å². The molecule has 1 N–H and O–H groups in total. The zero-order valence-corrected chi connectivity index (χ0v) is 13.6. The number of ether oxygens (including phenoxy) is 1. The minimum atomic E-state index is -0.915. The van der Waals surface area contributed by atoms with Crippen LogP contribution in [0.2, 0.25) is 5.02 Å². The number of carboxylic acids is 1. The minimum Gasteiger partial charge on any atom is -0.481 e. The number of hydrogen-bond acceptors (Lipinski definition) is 4. The normalized spacial score (nSPS) is 18.2. The number of aliphatic carboxylic acids is 1. The van der Waals surface area contributed by atoms with E-state index in [1.807, 2.05) is 24.3 Å². The zero-order valence-electron chi connectivity index (χ0n) is 12.0. The van der Waals surface area contributed by atoms with Gasteiger partial charge in [0.25, 0.3) is 0 Å². The van der Waals surface area contributed by atoms with Crippen molar-refractivity contribution in [3.8, 4) is 0 Å². The molecule has 0 aliphatic carbocycles. The maximum atomic E-state index is 12.3. The van der Waals surface area contributed by atoms with E-state index in [-0.39, 0.29) is 18.4 Å². The van der Waals surface area contributed by atoms with Crippen molar-refractivity contribution in [1.82, 2.24) is 4.90 Å². The van der Waals surface area contributed by atoms with Crippen LogP contribution in [0.5, 0.6) is 0 Å². The number of benzene rings is 1. The molecule has 1 atom stereocenters. The van der Waals surface area contributed by atoms with Crippen LogP contribution in [-0.4, -0.2) is 53.4 Å². The summed E-state index contributed by atoms with van der Waals surface area (Å²) in [5, 5.41) is 9.59. The van der Waals surface area contributed by atoms with Crippen LogP contribution >= 0.6 is 23.4 Å². The smallest absolute Gasteiger partial charge is 0.305 e. The van der Waals surface area contributed by atoms with Crippen LogP contribution < -0.4 is 0 Å². The molecule has 1 amide bonds. The fourth-order valence-corrected chi connectivity index (χ4v) is 3.27. The Labute approximate surface area is 138 Å². The Kier molecular flexibility index (Phi) is 6.54. The number of nitrogens with zero attached hydrogens (tertiary/aromatic N) is 1. The molecule has 22 heavy (non-hydrogen) atoms. The highest BCUT2D eigenvalue weighted by Crippen LogP contribution is 2.18. The summed E-state index contributed by atoms with van der Waals surface area (Å²) >= 11 is 7.34. The van der Waals surface area contributed by atoms with Gasteiger partial charge in [0.2, 0.25) is 5.91 Å². The lowest BCUT2D eigenvalue weighted by molar-refractivity contribution is -0.144. The van der Waals surface area contributed by atoms with Crippen molar-refractivity contribution in [1.29, 1.82) is 0 Å². The summed E-state index contributed by atoms with van der Waals surface area (Å²) < 4.78 is 5.27. The van der Waals surface area contributed by atoms with Crippen LogP contribution in [0.4, 0.5) is 0 Å². The molecule has 1 heterocycles. The van der Waals surface area contributed by atoms with E-state index in [0.29, 0.717) is 30.5 Å². The predicted molar refractivity (Wildman–Crippen MR) is 86.2 cm³/mol. The molecule has 0 saturated carbocycles. The van der Waals surface area contributed by atoms with Crippen molar-refractivity contribution in [3.05, 3.63) is 34.9 Å². The molecule has 1 aliphatic heterocycles. The topological polar surface area (TPSA) is 66.8 Å².